The zero-order chi connectivity index (χ0) is 14.7. The highest BCUT2D eigenvalue weighted by molar-refractivity contribution is 8.01. The van der Waals surface area contributed by atoms with Crippen LogP contribution in [0.25, 0.3) is 0 Å². The first-order chi connectivity index (χ1) is 10.2. The molecular formula is C14H16N4OS2. The predicted octanol–water partition coefficient (Wildman–Crippen LogP) is 3.15. The van der Waals surface area contributed by atoms with E-state index in [9.17, 15) is 4.79 Å². The number of hydrogen-bond donors (Lipinski definition) is 2. The van der Waals surface area contributed by atoms with Gasteiger partial charge in [-0.25, -0.2) is 0 Å². The third kappa shape index (κ3) is 4.18. The van der Waals surface area contributed by atoms with Gasteiger partial charge in [0.2, 0.25) is 11.0 Å². The van der Waals surface area contributed by atoms with Crippen LogP contribution < -0.4 is 10.6 Å². The summed E-state index contributed by atoms with van der Waals surface area (Å²) in [5.41, 5.74) is 1.92. The van der Waals surface area contributed by atoms with Gasteiger partial charge in [0.1, 0.15) is 0 Å². The second-order valence-electron chi connectivity index (χ2n) is 4.94. The highest BCUT2D eigenvalue weighted by Gasteiger charge is 2.22. The van der Waals surface area contributed by atoms with Gasteiger partial charge in [-0.05, 0) is 31.4 Å². The fraction of sp³-hybridized carbons (Fsp3) is 0.357. The number of carbonyl (C=O) groups excluding carboxylic acids is 1. The number of benzene rings is 1. The first-order valence-corrected chi connectivity index (χ1v) is 8.59. The molecule has 1 saturated carbocycles. The Labute approximate surface area is 131 Å². The molecule has 7 heteroatoms. The molecule has 21 heavy (non-hydrogen) atoms. The van der Waals surface area contributed by atoms with Gasteiger partial charge in [0.15, 0.2) is 4.34 Å². The molecule has 1 amide bonds. The lowest BCUT2D eigenvalue weighted by atomic mass is 10.2. The summed E-state index contributed by atoms with van der Waals surface area (Å²) in [6, 6.07) is 8.32. The summed E-state index contributed by atoms with van der Waals surface area (Å²) >= 11 is 2.92. The minimum Gasteiger partial charge on any atom is -0.357 e. The third-order valence-electron chi connectivity index (χ3n) is 3.06. The molecule has 0 spiro atoms. The van der Waals surface area contributed by atoms with Gasteiger partial charge >= 0.3 is 0 Å². The van der Waals surface area contributed by atoms with E-state index in [0.717, 1.165) is 20.7 Å². The molecule has 5 nitrogen and oxygen atoms in total. The van der Waals surface area contributed by atoms with Crippen molar-refractivity contribution < 1.29 is 4.79 Å². The highest BCUT2D eigenvalue weighted by atomic mass is 32.2. The maximum Gasteiger partial charge on any atom is 0.234 e. The first-order valence-electron chi connectivity index (χ1n) is 6.79. The number of thioether (sulfide) groups is 1. The van der Waals surface area contributed by atoms with Crippen molar-refractivity contribution in [2.75, 3.05) is 16.4 Å². The molecule has 1 fully saturated rings. The minimum atomic E-state index is -0.0267. The number of carbonyl (C=O) groups is 1. The average molecular weight is 320 g/mol. The molecule has 1 aliphatic rings. The Morgan fingerprint density at radius 1 is 1.38 bits per heavy atom. The maximum absolute atomic E-state index is 11.9. The fourth-order valence-corrected chi connectivity index (χ4v) is 3.38. The van der Waals surface area contributed by atoms with Crippen LogP contribution in [0.15, 0.2) is 28.6 Å². The number of nitrogens with one attached hydrogen (secondary N) is 2. The zero-order valence-corrected chi connectivity index (χ0v) is 13.3. The fourth-order valence-electron chi connectivity index (χ4n) is 1.76. The van der Waals surface area contributed by atoms with Crippen LogP contribution in [0.5, 0.6) is 0 Å². The lowest BCUT2D eigenvalue weighted by Crippen LogP contribution is -2.14. The third-order valence-corrected chi connectivity index (χ3v) is 5.05. The average Bonchev–Trinajstić information content (AvgIpc) is 3.16. The van der Waals surface area contributed by atoms with E-state index in [0.29, 0.717) is 11.8 Å². The predicted molar refractivity (Wildman–Crippen MR) is 87.1 cm³/mol. The standard InChI is InChI=1S/C14H16N4OS2/c1-9-4-2-3-5-11(9)16-12(19)8-20-14-18-17-13(21-14)15-10-6-7-10/h2-5,10H,6-8H2,1H3,(H,15,17)(H,16,19). The number of amides is 1. The summed E-state index contributed by atoms with van der Waals surface area (Å²) in [6.07, 6.45) is 2.42. The molecule has 0 aliphatic heterocycles. The van der Waals surface area contributed by atoms with Gasteiger partial charge in [-0.3, -0.25) is 4.79 Å². The van der Waals surface area contributed by atoms with Crippen LogP contribution in [0.2, 0.25) is 0 Å². The molecule has 0 radical (unpaired) electrons. The Morgan fingerprint density at radius 3 is 2.95 bits per heavy atom. The Bertz CT molecular complexity index is 639. The molecule has 1 aliphatic carbocycles. The van der Waals surface area contributed by atoms with Crippen LogP contribution in [0.4, 0.5) is 10.8 Å². The van der Waals surface area contributed by atoms with Crippen LogP contribution in [0, 0.1) is 6.92 Å². The van der Waals surface area contributed by atoms with Gasteiger partial charge in [-0.1, -0.05) is 41.3 Å². The van der Waals surface area contributed by atoms with Crippen molar-refractivity contribution in [3.05, 3.63) is 29.8 Å². The summed E-state index contributed by atoms with van der Waals surface area (Å²) in [4.78, 5) is 11.9. The first kappa shape index (κ1) is 14.3. The van der Waals surface area contributed by atoms with E-state index in [4.69, 9.17) is 0 Å². The van der Waals surface area contributed by atoms with Crippen molar-refractivity contribution >= 4 is 39.8 Å². The van der Waals surface area contributed by atoms with Gasteiger partial charge in [0.25, 0.3) is 0 Å². The van der Waals surface area contributed by atoms with Gasteiger partial charge in [-0.15, -0.1) is 10.2 Å². The van der Waals surface area contributed by atoms with Gasteiger partial charge in [0, 0.05) is 11.7 Å². The monoisotopic (exact) mass is 320 g/mol. The van der Waals surface area contributed by atoms with Gasteiger partial charge < -0.3 is 10.6 Å². The smallest absolute Gasteiger partial charge is 0.234 e. The molecule has 3 rings (SSSR count). The summed E-state index contributed by atoms with van der Waals surface area (Å²) in [5, 5.41) is 15.2. The van der Waals surface area contributed by atoms with Crippen molar-refractivity contribution in [3.63, 3.8) is 0 Å². The van der Waals surface area contributed by atoms with Gasteiger partial charge in [-0.2, -0.15) is 0 Å². The van der Waals surface area contributed by atoms with Crippen molar-refractivity contribution in [3.8, 4) is 0 Å². The summed E-state index contributed by atoms with van der Waals surface area (Å²) in [6.45, 7) is 1.98. The SMILES string of the molecule is Cc1ccccc1NC(=O)CSc1nnc(NC2CC2)s1. The van der Waals surface area contributed by atoms with E-state index in [-0.39, 0.29) is 5.91 Å². The van der Waals surface area contributed by atoms with Crippen molar-refractivity contribution in [2.45, 2.75) is 30.1 Å². The topological polar surface area (TPSA) is 66.9 Å². The maximum atomic E-state index is 11.9. The number of aryl methyl sites for hydroxylation is 1. The van der Waals surface area contributed by atoms with Crippen molar-refractivity contribution in [2.24, 2.45) is 0 Å². The van der Waals surface area contributed by atoms with E-state index in [1.807, 2.05) is 31.2 Å². The van der Waals surface area contributed by atoms with E-state index in [1.165, 1.54) is 35.9 Å². The van der Waals surface area contributed by atoms with Crippen LogP contribution in [0.3, 0.4) is 0 Å². The Hall–Kier alpha value is -1.60. The number of nitrogens with zero attached hydrogens (tertiary/aromatic N) is 2. The number of aromatic nitrogens is 2. The van der Waals surface area contributed by atoms with Crippen molar-refractivity contribution in [1.29, 1.82) is 0 Å². The molecule has 2 N–H and O–H groups in total. The van der Waals surface area contributed by atoms with Gasteiger partial charge in [0.05, 0.1) is 5.75 Å². The van der Waals surface area contributed by atoms with E-state index in [1.54, 1.807) is 0 Å². The molecular weight excluding hydrogens is 304 g/mol. The number of rotatable bonds is 6. The lowest BCUT2D eigenvalue weighted by molar-refractivity contribution is -0.113. The second kappa shape index (κ2) is 6.44. The molecule has 0 saturated heterocycles. The lowest BCUT2D eigenvalue weighted by Gasteiger charge is -2.06. The molecule has 2 aromatic rings. The molecule has 1 aromatic carbocycles. The Morgan fingerprint density at radius 2 is 2.19 bits per heavy atom. The van der Waals surface area contributed by atoms with Crippen LogP contribution in [-0.2, 0) is 4.79 Å². The molecule has 1 heterocycles. The molecule has 110 valence electrons. The quantitative estimate of drug-likeness (QED) is 0.800. The molecule has 0 bridgehead atoms. The molecule has 1 aromatic heterocycles. The van der Waals surface area contributed by atoms with E-state index in [2.05, 4.69) is 20.8 Å². The largest absolute Gasteiger partial charge is 0.357 e. The normalized spacial score (nSPS) is 14.0. The molecule has 0 unspecified atom stereocenters. The summed E-state index contributed by atoms with van der Waals surface area (Å²) in [7, 11) is 0. The van der Waals surface area contributed by atoms with Crippen LogP contribution >= 0.6 is 23.1 Å². The molecule has 0 atom stereocenters. The minimum absolute atomic E-state index is 0.0267. The van der Waals surface area contributed by atoms with E-state index >= 15 is 0 Å². The van der Waals surface area contributed by atoms with Crippen LogP contribution in [0.1, 0.15) is 18.4 Å². The second-order valence-corrected chi connectivity index (χ2v) is 7.14. The highest BCUT2D eigenvalue weighted by Crippen LogP contribution is 2.30. The van der Waals surface area contributed by atoms with Crippen LogP contribution in [-0.4, -0.2) is 27.9 Å². The number of anilines is 2. The van der Waals surface area contributed by atoms with Crippen molar-refractivity contribution in [1.82, 2.24) is 10.2 Å². The zero-order valence-electron chi connectivity index (χ0n) is 11.6. The summed E-state index contributed by atoms with van der Waals surface area (Å²) < 4.78 is 0.818. The van der Waals surface area contributed by atoms with E-state index < -0.39 is 0 Å². The Kier molecular flexibility index (Phi) is 4.40. The Balaban J connectivity index is 1.49. The number of hydrogen-bond acceptors (Lipinski definition) is 6. The summed E-state index contributed by atoms with van der Waals surface area (Å²) in [5.74, 6) is 0.313. The number of para-hydroxylation sites is 1.